The van der Waals surface area contributed by atoms with Crippen LogP contribution < -0.4 is 0 Å². The van der Waals surface area contributed by atoms with E-state index in [9.17, 15) is 4.79 Å². The van der Waals surface area contributed by atoms with Crippen molar-refractivity contribution in [2.75, 3.05) is 5.75 Å². The van der Waals surface area contributed by atoms with Gasteiger partial charge < -0.3 is 5.11 Å². The molecule has 1 unspecified atom stereocenters. The first kappa shape index (κ1) is 10.1. The Bertz CT molecular complexity index is 378. The number of hydrogen-bond acceptors (Lipinski definition) is 2. The van der Waals surface area contributed by atoms with Gasteiger partial charge in [-0.05, 0) is 39.7 Å². The summed E-state index contributed by atoms with van der Waals surface area (Å²) in [6.45, 7) is 0. The molecule has 1 aromatic rings. The van der Waals surface area contributed by atoms with Crippen molar-refractivity contribution in [2.24, 2.45) is 0 Å². The number of rotatable bonds is 1. The van der Waals surface area contributed by atoms with E-state index in [1.807, 2.05) is 18.2 Å². The Morgan fingerprint density at radius 2 is 2.36 bits per heavy atom. The van der Waals surface area contributed by atoms with Crippen molar-refractivity contribution in [3.8, 4) is 0 Å². The first-order valence-electron chi connectivity index (χ1n) is 4.34. The fourth-order valence-electron chi connectivity index (χ4n) is 1.64. The number of carbonyl (C=O) groups is 1. The Kier molecular flexibility index (Phi) is 2.83. The minimum absolute atomic E-state index is 0.330. The van der Waals surface area contributed by atoms with E-state index in [0.29, 0.717) is 0 Å². The molecule has 1 aliphatic rings. The SMILES string of the molecule is O=C(O)C1CCSc2c(Br)cccc21. The number of thioether (sulfide) groups is 1. The summed E-state index contributed by atoms with van der Waals surface area (Å²) in [6.07, 6.45) is 0.726. The van der Waals surface area contributed by atoms with Gasteiger partial charge >= 0.3 is 5.97 Å². The van der Waals surface area contributed by atoms with E-state index in [1.165, 1.54) is 0 Å². The van der Waals surface area contributed by atoms with Gasteiger partial charge in [0.05, 0.1) is 5.92 Å². The van der Waals surface area contributed by atoms with Crippen LogP contribution in [0.4, 0.5) is 0 Å². The lowest BCUT2D eigenvalue weighted by molar-refractivity contribution is -0.138. The van der Waals surface area contributed by atoms with Crippen LogP contribution >= 0.6 is 27.7 Å². The molecular formula is C10H9BrO2S. The van der Waals surface area contributed by atoms with Crippen molar-refractivity contribution in [1.82, 2.24) is 0 Å². The summed E-state index contributed by atoms with van der Waals surface area (Å²) in [5.41, 5.74) is 0.947. The van der Waals surface area contributed by atoms with Gasteiger partial charge in [-0.25, -0.2) is 0 Å². The Labute approximate surface area is 94.8 Å². The second kappa shape index (κ2) is 3.95. The predicted molar refractivity (Wildman–Crippen MR) is 59.9 cm³/mol. The second-order valence-corrected chi connectivity index (χ2v) is 5.15. The van der Waals surface area contributed by atoms with Crippen LogP contribution in [-0.2, 0) is 4.79 Å². The highest BCUT2D eigenvalue weighted by Gasteiger charge is 2.27. The van der Waals surface area contributed by atoms with Gasteiger partial charge in [0.25, 0.3) is 0 Å². The Balaban J connectivity index is 2.49. The molecule has 0 aliphatic carbocycles. The average molecular weight is 273 g/mol. The van der Waals surface area contributed by atoms with Crippen LogP contribution in [0.25, 0.3) is 0 Å². The van der Waals surface area contributed by atoms with E-state index in [0.717, 1.165) is 27.1 Å². The topological polar surface area (TPSA) is 37.3 Å². The maximum Gasteiger partial charge on any atom is 0.311 e. The number of carboxylic acid groups (broad SMARTS) is 1. The van der Waals surface area contributed by atoms with Gasteiger partial charge in [-0.1, -0.05) is 12.1 Å². The summed E-state index contributed by atoms with van der Waals surface area (Å²) >= 11 is 5.17. The van der Waals surface area contributed by atoms with Crippen molar-refractivity contribution in [3.63, 3.8) is 0 Å². The number of hydrogen-bond donors (Lipinski definition) is 1. The zero-order chi connectivity index (χ0) is 10.1. The van der Waals surface area contributed by atoms with Crippen LogP contribution in [0.2, 0.25) is 0 Å². The van der Waals surface area contributed by atoms with Crippen LogP contribution in [-0.4, -0.2) is 16.8 Å². The molecule has 4 heteroatoms. The van der Waals surface area contributed by atoms with Crippen LogP contribution in [0.15, 0.2) is 27.6 Å². The van der Waals surface area contributed by atoms with Gasteiger partial charge in [-0.3, -0.25) is 4.79 Å². The standard InChI is InChI=1S/C10H9BrO2S/c11-8-3-1-2-6-7(10(12)13)4-5-14-9(6)8/h1-3,7H,4-5H2,(H,12,13). The van der Waals surface area contributed by atoms with Crippen molar-refractivity contribution < 1.29 is 9.90 Å². The molecule has 1 N–H and O–H groups in total. The van der Waals surface area contributed by atoms with Gasteiger partial charge in [-0.15, -0.1) is 11.8 Å². The summed E-state index contributed by atoms with van der Waals surface area (Å²) in [7, 11) is 0. The normalized spacial score (nSPS) is 20.2. The van der Waals surface area contributed by atoms with Crippen molar-refractivity contribution in [2.45, 2.75) is 17.2 Å². The highest BCUT2D eigenvalue weighted by molar-refractivity contribution is 9.10. The van der Waals surface area contributed by atoms with Crippen LogP contribution in [0.5, 0.6) is 0 Å². The van der Waals surface area contributed by atoms with E-state index in [2.05, 4.69) is 15.9 Å². The summed E-state index contributed by atoms with van der Waals surface area (Å²) in [5.74, 6) is -0.166. The molecule has 74 valence electrons. The number of benzene rings is 1. The van der Waals surface area contributed by atoms with Gasteiger partial charge in [-0.2, -0.15) is 0 Å². The average Bonchev–Trinajstić information content (AvgIpc) is 2.17. The van der Waals surface area contributed by atoms with Gasteiger partial charge in [0.1, 0.15) is 0 Å². The molecule has 0 aromatic heterocycles. The van der Waals surface area contributed by atoms with Crippen LogP contribution in [0.1, 0.15) is 17.9 Å². The highest BCUT2D eigenvalue weighted by Crippen LogP contribution is 2.41. The lowest BCUT2D eigenvalue weighted by Crippen LogP contribution is -2.16. The van der Waals surface area contributed by atoms with E-state index < -0.39 is 5.97 Å². The number of aliphatic carboxylic acids is 1. The fourth-order valence-corrected chi connectivity index (χ4v) is 3.51. The highest BCUT2D eigenvalue weighted by atomic mass is 79.9. The Hall–Kier alpha value is -0.480. The molecule has 1 heterocycles. The summed E-state index contributed by atoms with van der Waals surface area (Å²) < 4.78 is 1.01. The quantitative estimate of drug-likeness (QED) is 0.854. The maximum absolute atomic E-state index is 11.0. The molecule has 0 spiro atoms. The Morgan fingerprint density at radius 3 is 3.07 bits per heavy atom. The summed E-state index contributed by atoms with van der Waals surface area (Å²) in [6, 6.07) is 5.76. The summed E-state index contributed by atoms with van der Waals surface area (Å²) in [5, 5.41) is 9.05. The molecule has 1 aromatic carbocycles. The molecule has 1 atom stereocenters. The molecule has 0 amide bonds. The van der Waals surface area contributed by atoms with Crippen molar-refractivity contribution >= 4 is 33.7 Å². The minimum Gasteiger partial charge on any atom is -0.481 e. The third-order valence-corrected chi connectivity index (χ3v) is 4.43. The van der Waals surface area contributed by atoms with Crippen LogP contribution in [0.3, 0.4) is 0 Å². The number of halogens is 1. The molecular weight excluding hydrogens is 264 g/mol. The molecule has 0 radical (unpaired) electrons. The van der Waals surface area contributed by atoms with Crippen molar-refractivity contribution in [3.05, 3.63) is 28.2 Å². The molecule has 0 bridgehead atoms. The van der Waals surface area contributed by atoms with E-state index in [-0.39, 0.29) is 5.92 Å². The molecule has 14 heavy (non-hydrogen) atoms. The monoisotopic (exact) mass is 272 g/mol. The maximum atomic E-state index is 11.0. The largest absolute Gasteiger partial charge is 0.481 e. The first-order valence-corrected chi connectivity index (χ1v) is 6.12. The van der Waals surface area contributed by atoms with E-state index in [1.54, 1.807) is 11.8 Å². The van der Waals surface area contributed by atoms with Gasteiger partial charge in [0.15, 0.2) is 0 Å². The lowest BCUT2D eigenvalue weighted by Gasteiger charge is -2.22. The molecule has 0 saturated heterocycles. The molecule has 0 fully saturated rings. The summed E-state index contributed by atoms with van der Waals surface area (Å²) in [4.78, 5) is 12.1. The van der Waals surface area contributed by atoms with Gasteiger partial charge in [0, 0.05) is 9.37 Å². The third-order valence-electron chi connectivity index (χ3n) is 2.32. The van der Waals surface area contributed by atoms with Gasteiger partial charge in [0.2, 0.25) is 0 Å². The van der Waals surface area contributed by atoms with Crippen molar-refractivity contribution in [1.29, 1.82) is 0 Å². The molecule has 1 aliphatic heterocycles. The lowest BCUT2D eigenvalue weighted by atomic mass is 9.96. The zero-order valence-electron chi connectivity index (χ0n) is 7.37. The van der Waals surface area contributed by atoms with E-state index >= 15 is 0 Å². The first-order chi connectivity index (χ1) is 6.70. The smallest absolute Gasteiger partial charge is 0.311 e. The third kappa shape index (κ3) is 1.68. The molecule has 2 nitrogen and oxygen atoms in total. The fraction of sp³-hybridized carbons (Fsp3) is 0.300. The predicted octanol–water partition coefficient (Wildman–Crippen LogP) is 3.11. The molecule has 0 saturated carbocycles. The number of carboxylic acids is 1. The Morgan fingerprint density at radius 1 is 1.57 bits per heavy atom. The zero-order valence-corrected chi connectivity index (χ0v) is 9.77. The second-order valence-electron chi connectivity index (χ2n) is 3.19. The number of fused-ring (bicyclic) bond motifs is 1. The van der Waals surface area contributed by atoms with Crippen LogP contribution in [0, 0.1) is 0 Å². The minimum atomic E-state index is -0.718. The van der Waals surface area contributed by atoms with E-state index in [4.69, 9.17) is 5.11 Å². The molecule has 2 rings (SSSR count).